The first-order chi connectivity index (χ1) is 15.0. The van der Waals surface area contributed by atoms with Crippen LogP contribution in [0.25, 0.3) is 0 Å². The second-order valence-electron chi connectivity index (χ2n) is 8.73. The van der Waals surface area contributed by atoms with Crippen LogP contribution in [0, 0.1) is 5.92 Å². The van der Waals surface area contributed by atoms with Gasteiger partial charge in [-0.05, 0) is 44.2 Å². The van der Waals surface area contributed by atoms with Gasteiger partial charge in [0.2, 0.25) is 11.8 Å². The second-order valence-corrected chi connectivity index (χ2v) is 8.73. The molecule has 2 aromatic rings. The van der Waals surface area contributed by atoms with Crippen LogP contribution in [0.3, 0.4) is 0 Å². The monoisotopic (exact) mass is 421 g/mol. The Kier molecular flexibility index (Phi) is 8.24. The minimum Gasteiger partial charge on any atom is -0.343 e. The molecule has 1 saturated heterocycles. The van der Waals surface area contributed by atoms with Gasteiger partial charge in [-0.15, -0.1) is 0 Å². The van der Waals surface area contributed by atoms with Gasteiger partial charge in [-0.3, -0.25) is 9.59 Å². The summed E-state index contributed by atoms with van der Waals surface area (Å²) in [6, 6.07) is 20.9. The highest BCUT2D eigenvalue weighted by Crippen LogP contribution is 2.21. The third-order valence-corrected chi connectivity index (χ3v) is 6.30. The van der Waals surface area contributed by atoms with Crippen LogP contribution in [0.2, 0.25) is 0 Å². The minimum atomic E-state index is 0.0274. The molecule has 0 bridgehead atoms. The molecule has 1 unspecified atom stereocenters. The first kappa shape index (κ1) is 23.0. The summed E-state index contributed by atoms with van der Waals surface area (Å²) in [5.41, 5.74) is 2.42. The van der Waals surface area contributed by atoms with Gasteiger partial charge in [0.15, 0.2) is 0 Å². The van der Waals surface area contributed by atoms with Crippen molar-refractivity contribution in [2.75, 3.05) is 26.7 Å². The molecule has 0 aromatic heterocycles. The molecular formula is C26H35N3O2. The number of benzene rings is 2. The Morgan fingerprint density at radius 2 is 1.58 bits per heavy atom. The van der Waals surface area contributed by atoms with E-state index in [4.69, 9.17) is 0 Å². The van der Waals surface area contributed by atoms with E-state index in [1.807, 2.05) is 67.1 Å². The molecule has 1 atom stereocenters. The molecule has 2 amide bonds. The van der Waals surface area contributed by atoms with E-state index in [0.717, 1.165) is 19.3 Å². The molecule has 1 fully saturated rings. The van der Waals surface area contributed by atoms with Gasteiger partial charge in [0, 0.05) is 38.1 Å². The predicted octanol–water partition coefficient (Wildman–Crippen LogP) is 3.67. The third-order valence-electron chi connectivity index (χ3n) is 6.30. The molecule has 1 heterocycles. The van der Waals surface area contributed by atoms with Crippen molar-refractivity contribution in [2.45, 2.75) is 45.2 Å². The maximum Gasteiger partial charge on any atom is 0.236 e. The van der Waals surface area contributed by atoms with Gasteiger partial charge in [0.05, 0.1) is 6.54 Å². The van der Waals surface area contributed by atoms with E-state index in [2.05, 4.69) is 29.6 Å². The first-order valence-corrected chi connectivity index (χ1v) is 11.3. The van der Waals surface area contributed by atoms with Crippen molar-refractivity contribution < 1.29 is 9.59 Å². The fourth-order valence-electron chi connectivity index (χ4n) is 4.08. The van der Waals surface area contributed by atoms with E-state index in [9.17, 15) is 9.59 Å². The molecule has 166 valence electrons. The van der Waals surface area contributed by atoms with Crippen LogP contribution in [0.4, 0.5) is 0 Å². The van der Waals surface area contributed by atoms with Crippen molar-refractivity contribution in [2.24, 2.45) is 5.92 Å². The molecule has 5 heteroatoms. The normalized spacial score (nSPS) is 15.7. The van der Waals surface area contributed by atoms with Gasteiger partial charge >= 0.3 is 0 Å². The highest BCUT2D eigenvalue weighted by atomic mass is 16.2. The van der Waals surface area contributed by atoms with E-state index in [1.54, 1.807) is 0 Å². The Balaban J connectivity index is 1.55. The van der Waals surface area contributed by atoms with Crippen molar-refractivity contribution in [3.63, 3.8) is 0 Å². The molecule has 5 nitrogen and oxygen atoms in total. The van der Waals surface area contributed by atoms with Crippen LogP contribution in [0.15, 0.2) is 60.7 Å². The predicted molar refractivity (Wildman–Crippen MR) is 125 cm³/mol. The van der Waals surface area contributed by atoms with E-state index in [0.29, 0.717) is 19.6 Å². The Bertz CT molecular complexity index is 830. The summed E-state index contributed by atoms with van der Waals surface area (Å²) in [7, 11) is 1.87. The maximum absolute atomic E-state index is 12.9. The van der Waals surface area contributed by atoms with E-state index >= 15 is 0 Å². The second kappa shape index (κ2) is 11.1. The Labute approximate surface area is 186 Å². The first-order valence-electron chi connectivity index (χ1n) is 11.3. The maximum atomic E-state index is 12.9. The lowest BCUT2D eigenvalue weighted by molar-refractivity contribution is -0.140. The summed E-state index contributed by atoms with van der Waals surface area (Å²) >= 11 is 0. The van der Waals surface area contributed by atoms with Crippen LogP contribution in [0.5, 0.6) is 0 Å². The number of piperidine rings is 1. The fraction of sp³-hybridized carbons (Fsp3) is 0.462. The van der Waals surface area contributed by atoms with Gasteiger partial charge < -0.3 is 15.1 Å². The van der Waals surface area contributed by atoms with E-state index in [-0.39, 0.29) is 29.8 Å². The van der Waals surface area contributed by atoms with Crippen molar-refractivity contribution in [1.82, 2.24) is 15.1 Å². The number of hydrogen-bond acceptors (Lipinski definition) is 3. The molecule has 1 aliphatic rings. The lowest BCUT2D eigenvalue weighted by Crippen LogP contribution is -2.47. The molecule has 0 radical (unpaired) electrons. The SMILES string of the molecule is CC(C)N(C)C(=O)C1CCN(C(=O)CNC(Cc2ccccc2)c2ccccc2)CC1. The average Bonchev–Trinajstić information content (AvgIpc) is 2.81. The van der Waals surface area contributed by atoms with Crippen molar-refractivity contribution in [3.05, 3.63) is 71.8 Å². The van der Waals surface area contributed by atoms with Gasteiger partial charge in [0.1, 0.15) is 0 Å². The number of nitrogens with zero attached hydrogens (tertiary/aromatic N) is 2. The number of likely N-dealkylation sites (tertiary alicyclic amines) is 1. The Morgan fingerprint density at radius 3 is 2.16 bits per heavy atom. The molecule has 1 N–H and O–H groups in total. The quantitative estimate of drug-likeness (QED) is 0.708. The summed E-state index contributed by atoms with van der Waals surface area (Å²) in [6.07, 6.45) is 2.32. The smallest absolute Gasteiger partial charge is 0.236 e. The highest BCUT2D eigenvalue weighted by Gasteiger charge is 2.29. The Morgan fingerprint density at radius 1 is 1.00 bits per heavy atom. The van der Waals surface area contributed by atoms with Crippen molar-refractivity contribution in [1.29, 1.82) is 0 Å². The van der Waals surface area contributed by atoms with Gasteiger partial charge in [-0.25, -0.2) is 0 Å². The van der Waals surface area contributed by atoms with Gasteiger partial charge in [-0.2, -0.15) is 0 Å². The Hall–Kier alpha value is -2.66. The molecule has 0 saturated carbocycles. The number of amides is 2. The van der Waals surface area contributed by atoms with Crippen LogP contribution >= 0.6 is 0 Å². The average molecular weight is 422 g/mol. The standard InChI is InChI=1S/C26H35N3O2/c1-20(2)28(3)26(31)23-14-16-29(17-15-23)25(30)19-27-24(22-12-8-5-9-13-22)18-21-10-6-4-7-11-21/h4-13,20,23-24,27H,14-19H2,1-3H3. The molecule has 1 aliphatic heterocycles. The molecule has 0 spiro atoms. The zero-order chi connectivity index (χ0) is 22.2. The van der Waals surface area contributed by atoms with Crippen LogP contribution < -0.4 is 5.32 Å². The lowest BCUT2D eigenvalue weighted by Gasteiger charge is -2.34. The number of carbonyl (C=O) groups is 2. The van der Waals surface area contributed by atoms with Crippen molar-refractivity contribution in [3.8, 4) is 0 Å². The fourth-order valence-corrected chi connectivity index (χ4v) is 4.08. The lowest BCUT2D eigenvalue weighted by atomic mass is 9.95. The van der Waals surface area contributed by atoms with Crippen molar-refractivity contribution >= 4 is 11.8 Å². The zero-order valence-electron chi connectivity index (χ0n) is 19.0. The van der Waals surface area contributed by atoms with Crippen LogP contribution in [0.1, 0.15) is 43.9 Å². The number of rotatable bonds is 8. The topological polar surface area (TPSA) is 52.7 Å². The number of nitrogens with one attached hydrogen (secondary N) is 1. The van der Waals surface area contributed by atoms with Gasteiger partial charge in [0.25, 0.3) is 0 Å². The summed E-state index contributed by atoms with van der Waals surface area (Å²) in [5.74, 6) is 0.337. The summed E-state index contributed by atoms with van der Waals surface area (Å²) in [5, 5.41) is 3.48. The molecule has 2 aromatic carbocycles. The summed E-state index contributed by atoms with van der Waals surface area (Å²) in [4.78, 5) is 29.2. The molecular weight excluding hydrogens is 386 g/mol. The number of carbonyl (C=O) groups excluding carboxylic acids is 2. The third kappa shape index (κ3) is 6.41. The molecule has 3 rings (SSSR count). The van der Waals surface area contributed by atoms with E-state index < -0.39 is 0 Å². The molecule has 31 heavy (non-hydrogen) atoms. The highest BCUT2D eigenvalue weighted by molar-refractivity contribution is 5.81. The summed E-state index contributed by atoms with van der Waals surface area (Å²) < 4.78 is 0. The zero-order valence-corrected chi connectivity index (χ0v) is 19.0. The largest absolute Gasteiger partial charge is 0.343 e. The van der Waals surface area contributed by atoms with Gasteiger partial charge in [-0.1, -0.05) is 60.7 Å². The molecule has 0 aliphatic carbocycles. The van der Waals surface area contributed by atoms with Crippen LogP contribution in [-0.4, -0.2) is 54.3 Å². The van der Waals surface area contributed by atoms with Crippen LogP contribution in [-0.2, 0) is 16.0 Å². The van der Waals surface area contributed by atoms with E-state index in [1.165, 1.54) is 11.1 Å². The minimum absolute atomic E-state index is 0.0274. The number of hydrogen-bond donors (Lipinski definition) is 1. The summed E-state index contributed by atoms with van der Waals surface area (Å²) in [6.45, 7) is 5.66.